The van der Waals surface area contributed by atoms with Crippen LogP contribution < -0.4 is 4.74 Å². The Kier molecular flexibility index (Phi) is 3.02. The summed E-state index contributed by atoms with van der Waals surface area (Å²) in [6.07, 6.45) is 0.786. The first-order valence-corrected chi connectivity index (χ1v) is 6.39. The smallest absolute Gasteiger partial charge is 0.316 e. The fourth-order valence-corrected chi connectivity index (χ4v) is 2.55. The van der Waals surface area contributed by atoms with E-state index >= 15 is 0 Å². The maximum atomic E-state index is 11.3. The number of para-hydroxylation sites is 1. The fourth-order valence-electron chi connectivity index (χ4n) is 2.34. The van der Waals surface area contributed by atoms with Crippen molar-refractivity contribution in [1.82, 2.24) is 9.97 Å². The van der Waals surface area contributed by atoms with Gasteiger partial charge in [-0.15, -0.1) is 0 Å². The van der Waals surface area contributed by atoms with Crippen LogP contribution in [0.5, 0.6) is 5.75 Å². The molecule has 1 aliphatic rings. The van der Waals surface area contributed by atoms with Gasteiger partial charge in [0.15, 0.2) is 5.69 Å². The van der Waals surface area contributed by atoms with Crippen LogP contribution in [0.1, 0.15) is 11.3 Å². The third-order valence-electron chi connectivity index (χ3n) is 3.18. The summed E-state index contributed by atoms with van der Waals surface area (Å²) in [5, 5.41) is 11.3. The SMILES string of the molecule is Cc1nc(Cl)nc(-c2cccc3c2OCC3)c1[N+](=O)[O-]. The van der Waals surface area contributed by atoms with Crippen molar-refractivity contribution < 1.29 is 9.66 Å². The van der Waals surface area contributed by atoms with Crippen LogP contribution >= 0.6 is 11.6 Å². The number of fused-ring (bicyclic) bond motifs is 1. The molecule has 3 rings (SSSR count). The standard InChI is InChI=1S/C13H10ClN3O3/c1-7-11(17(18)19)10(16-13(14)15-7)9-4-2-3-8-5-6-20-12(8)9/h2-4H,5-6H2,1H3. The van der Waals surface area contributed by atoms with Crippen LogP contribution in [0.25, 0.3) is 11.3 Å². The molecule has 1 aliphatic heterocycles. The van der Waals surface area contributed by atoms with Crippen molar-refractivity contribution in [2.75, 3.05) is 6.61 Å². The average molecular weight is 292 g/mol. The lowest BCUT2D eigenvalue weighted by atomic mass is 10.0. The first kappa shape index (κ1) is 12.8. The Morgan fingerprint density at radius 1 is 1.40 bits per heavy atom. The van der Waals surface area contributed by atoms with Crippen LogP contribution in [0.4, 0.5) is 5.69 Å². The largest absolute Gasteiger partial charge is 0.492 e. The molecule has 2 aromatic rings. The molecule has 0 radical (unpaired) electrons. The molecule has 1 aromatic carbocycles. The zero-order valence-electron chi connectivity index (χ0n) is 10.6. The third kappa shape index (κ3) is 1.98. The van der Waals surface area contributed by atoms with E-state index in [1.165, 1.54) is 0 Å². The summed E-state index contributed by atoms with van der Waals surface area (Å²) in [5.41, 5.74) is 1.90. The molecule has 7 heteroatoms. The van der Waals surface area contributed by atoms with Crippen LogP contribution in [-0.2, 0) is 6.42 Å². The summed E-state index contributed by atoms with van der Waals surface area (Å²) in [4.78, 5) is 18.7. The number of aromatic nitrogens is 2. The van der Waals surface area contributed by atoms with E-state index in [0.29, 0.717) is 17.9 Å². The number of hydrogen-bond donors (Lipinski definition) is 0. The average Bonchev–Trinajstić information content (AvgIpc) is 2.84. The summed E-state index contributed by atoms with van der Waals surface area (Å²) in [6, 6.07) is 5.51. The van der Waals surface area contributed by atoms with Crippen molar-refractivity contribution in [3.63, 3.8) is 0 Å². The van der Waals surface area contributed by atoms with Gasteiger partial charge in [-0.25, -0.2) is 9.97 Å². The van der Waals surface area contributed by atoms with Gasteiger partial charge in [0.1, 0.15) is 11.4 Å². The zero-order valence-corrected chi connectivity index (χ0v) is 11.3. The number of hydrogen-bond acceptors (Lipinski definition) is 5. The van der Waals surface area contributed by atoms with Crippen LogP contribution in [0.3, 0.4) is 0 Å². The number of ether oxygens (including phenoxy) is 1. The highest BCUT2D eigenvalue weighted by Gasteiger charge is 2.27. The second kappa shape index (κ2) is 4.72. The number of rotatable bonds is 2. The molecule has 0 bridgehead atoms. The quantitative estimate of drug-likeness (QED) is 0.483. The number of nitrogens with zero attached hydrogens (tertiary/aromatic N) is 3. The second-order valence-corrected chi connectivity index (χ2v) is 4.76. The van der Waals surface area contributed by atoms with Gasteiger partial charge in [-0.2, -0.15) is 0 Å². The van der Waals surface area contributed by atoms with Gasteiger partial charge in [0.25, 0.3) is 0 Å². The predicted molar refractivity (Wildman–Crippen MR) is 73.1 cm³/mol. The van der Waals surface area contributed by atoms with Gasteiger partial charge in [-0.3, -0.25) is 10.1 Å². The van der Waals surface area contributed by atoms with Crippen molar-refractivity contribution >= 4 is 17.3 Å². The normalized spacial score (nSPS) is 12.9. The summed E-state index contributed by atoms with van der Waals surface area (Å²) in [7, 11) is 0. The molecule has 0 saturated heterocycles. The molecule has 0 aliphatic carbocycles. The van der Waals surface area contributed by atoms with Gasteiger partial charge in [0.2, 0.25) is 5.28 Å². The molecule has 20 heavy (non-hydrogen) atoms. The molecule has 6 nitrogen and oxygen atoms in total. The molecule has 0 N–H and O–H groups in total. The minimum Gasteiger partial charge on any atom is -0.492 e. The molecule has 0 spiro atoms. The molecule has 0 saturated carbocycles. The first-order valence-electron chi connectivity index (χ1n) is 6.01. The Balaban J connectivity index is 2.30. The highest BCUT2D eigenvalue weighted by molar-refractivity contribution is 6.28. The summed E-state index contributed by atoms with van der Waals surface area (Å²) in [6.45, 7) is 2.11. The predicted octanol–water partition coefficient (Wildman–Crippen LogP) is 2.95. The molecule has 0 unspecified atom stereocenters. The highest BCUT2D eigenvalue weighted by Crippen LogP contribution is 2.40. The lowest BCUT2D eigenvalue weighted by Crippen LogP contribution is -2.02. The van der Waals surface area contributed by atoms with E-state index in [-0.39, 0.29) is 22.4 Å². The van der Waals surface area contributed by atoms with Crippen molar-refractivity contribution in [2.24, 2.45) is 0 Å². The van der Waals surface area contributed by atoms with E-state index in [1.54, 1.807) is 13.0 Å². The summed E-state index contributed by atoms with van der Waals surface area (Å²) in [5.74, 6) is 0.643. The van der Waals surface area contributed by atoms with Gasteiger partial charge in [0, 0.05) is 12.0 Å². The molecule has 0 amide bonds. The molecule has 102 valence electrons. The van der Waals surface area contributed by atoms with Gasteiger partial charge >= 0.3 is 5.69 Å². The van der Waals surface area contributed by atoms with E-state index in [2.05, 4.69) is 9.97 Å². The van der Waals surface area contributed by atoms with Crippen LogP contribution in [0.2, 0.25) is 5.28 Å². The van der Waals surface area contributed by atoms with E-state index in [9.17, 15) is 10.1 Å². The van der Waals surface area contributed by atoms with Crippen molar-refractivity contribution in [2.45, 2.75) is 13.3 Å². The Bertz CT molecular complexity index is 718. The van der Waals surface area contributed by atoms with Crippen molar-refractivity contribution in [3.05, 3.63) is 44.9 Å². The summed E-state index contributed by atoms with van der Waals surface area (Å²) < 4.78 is 5.57. The number of benzene rings is 1. The monoisotopic (exact) mass is 291 g/mol. The van der Waals surface area contributed by atoms with Crippen LogP contribution in [-0.4, -0.2) is 21.5 Å². The minimum absolute atomic E-state index is 0.0151. The van der Waals surface area contributed by atoms with Crippen LogP contribution in [0, 0.1) is 17.0 Å². The number of nitro groups is 1. The van der Waals surface area contributed by atoms with Gasteiger partial charge in [-0.05, 0) is 30.2 Å². The van der Waals surface area contributed by atoms with E-state index < -0.39 is 4.92 Å². The van der Waals surface area contributed by atoms with Gasteiger partial charge < -0.3 is 4.74 Å². The van der Waals surface area contributed by atoms with E-state index in [1.807, 2.05) is 12.1 Å². The fraction of sp³-hybridized carbons (Fsp3) is 0.231. The van der Waals surface area contributed by atoms with E-state index in [0.717, 1.165) is 12.0 Å². The van der Waals surface area contributed by atoms with Gasteiger partial charge in [0.05, 0.1) is 11.5 Å². The van der Waals surface area contributed by atoms with Crippen molar-refractivity contribution in [1.29, 1.82) is 0 Å². The lowest BCUT2D eigenvalue weighted by molar-refractivity contribution is -0.385. The number of halogens is 1. The summed E-state index contributed by atoms with van der Waals surface area (Å²) >= 11 is 5.84. The lowest BCUT2D eigenvalue weighted by Gasteiger charge is -2.09. The Morgan fingerprint density at radius 2 is 2.20 bits per heavy atom. The third-order valence-corrected chi connectivity index (χ3v) is 3.35. The van der Waals surface area contributed by atoms with Crippen molar-refractivity contribution in [3.8, 4) is 17.0 Å². The van der Waals surface area contributed by atoms with E-state index in [4.69, 9.17) is 16.3 Å². The maximum Gasteiger partial charge on any atom is 0.316 e. The zero-order chi connectivity index (χ0) is 14.3. The molecular weight excluding hydrogens is 282 g/mol. The Morgan fingerprint density at radius 3 is 2.95 bits per heavy atom. The molecular formula is C13H10ClN3O3. The molecule has 1 aromatic heterocycles. The first-order chi connectivity index (χ1) is 9.58. The highest BCUT2D eigenvalue weighted by atomic mass is 35.5. The van der Waals surface area contributed by atoms with Crippen LogP contribution in [0.15, 0.2) is 18.2 Å². The van der Waals surface area contributed by atoms with Gasteiger partial charge in [-0.1, -0.05) is 12.1 Å². The molecule has 2 heterocycles. The molecule has 0 fully saturated rings. The minimum atomic E-state index is -0.491. The Hall–Kier alpha value is -2.21. The maximum absolute atomic E-state index is 11.3. The Labute approximate surface area is 119 Å². The number of aryl methyl sites for hydroxylation is 1. The second-order valence-electron chi connectivity index (χ2n) is 4.42. The molecule has 0 atom stereocenters. The topological polar surface area (TPSA) is 78.2 Å².